The molecule has 0 saturated heterocycles. The molecule has 2 nitrogen and oxygen atoms in total. The van der Waals surface area contributed by atoms with Gasteiger partial charge in [-0.05, 0) is 18.6 Å². The highest BCUT2D eigenvalue weighted by Gasteiger charge is 2.02. The van der Waals surface area contributed by atoms with Gasteiger partial charge in [0.2, 0.25) is 0 Å². The van der Waals surface area contributed by atoms with Crippen molar-refractivity contribution >= 4 is 17.3 Å². The molecule has 0 aliphatic rings. The Hall–Kier alpha value is -0.730. The summed E-state index contributed by atoms with van der Waals surface area (Å²) in [5.41, 5.74) is 7.74. The van der Waals surface area contributed by atoms with Gasteiger partial charge in [-0.3, -0.25) is 0 Å². The van der Waals surface area contributed by atoms with E-state index in [9.17, 15) is 0 Å². The molecule has 0 unspecified atom stereocenters. The van der Waals surface area contributed by atoms with Crippen LogP contribution in [0.5, 0.6) is 0 Å². The van der Waals surface area contributed by atoms with Crippen LogP contribution in [0.15, 0.2) is 12.1 Å². The van der Waals surface area contributed by atoms with E-state index < -0.39 is 0 Å². The van der Waals surface area contributed by atoms with Gasteiger partial charge in [-0.2, -0.15) is 0 Å². The summed E-state index contributed by atoms with van der Waals surface area (Å²) >= 11 is 5.76. The average Bonchev–Trinajstić information content (AvgIpc) is 1.96. The van der Waals surface area contributed by atoms with Crippen molar-refractivity contribution in [3.63, 3.8) is 0 Å². The third-order valence-electron chi connectivity index (χ3n) is 1.53. The first-order valence-corrected chi connectivity index (χ1v) is 3.68. The van der Waals surface area contributed by atoms with Gasteiger partial charge in [0.05, 0.1) is 17.3 Å². The molecule has 0 spiro atoms. The predicted octanol–water partition coefficient (Wildman–Crippen LogP) is 1.72. The molecular formula is C8H10ClNO. The summed E-state index contributed by atoms with van der Waals surface area (Å²) in [5, 5.41) is 9.34. The number of halogens is 1. The number of anilines is 1. The molecule has 1 rings (SSSR count). The molecule has 0 saturated carbocycles. The molecule has 11 heavy (non-hydrogen) atoms. The number of benzene rings is 1. The number of aryl methyl sites for hydroxylation is 1. The molecule has 1 aromatic rings. The number of hydrogen-bond donors (Lipinski definition) is 2. The number of aliphatic hydroxyl groups is 1. The number of hydrogen-bond acceptors (Lipinski definition) is 2. The van der Waals surface area contributed by atoms with Crippen LogP contribution in [0.3, 0.4) is 0 Å². The summed E-state index contributed by atoms with van der Waals surface area (Å²) in [7, 11) is 0. The molecule has 60 valence electrons. The summed E-state index contributed by atoms with van der Waals surface area (Å²) in [6, 6.07) is 3.59. The van der Waals surface area contributed by atoms with E-state index in [-0.39, 0.29) is 6.61 Å². The third-order valence-corrected chi connectivity index (χ3v) is 1.84. The topological polar surface area (TPSA) is 46.2 Å². The highest BCUT2D eigenvalue weighted by Crippen LogP contribution is 2.24. The van der Waals surface area contributed by atoms with Gasteiger partial charge in [0, 0.05) is 5.56 Å². The maximum absolute atomic E-state index is 8.83. The fourth-order valence-corrected chi connectivity index (χ4v) is 1.25. The number of nitrogen functional groups attached to an aromatic ring is 1. The lowest BCUT2D eigenvalue weighted by molar-refractivity contribution is 0.282. The van der Waals surface area contributed by atoms with Crippen LogP contribution >= 0.6 is 11.6 Å². The third kappa shape index (κ3) is 1.64. The van der Waals surface area contributed by atoms with Gasteiger partial charge in [0.25, 0.3) is 0 Å². The smallest absolute Gasteiger partial charge is 0.0702 e. The van der Waals surface area contributed by atoms with Crippen molar-refractivity contribution in [2.75, 3.05) is 5.73 Å². The van der Waals surface area contributed by atoms with E-state index in [1.165, 1.54) is 0 Å². The Morgan fingerprint density at radius 2 is 2.18 bits per heavy atom. The Morgan fingerprint density at radius 3 is 2.73 bits per heavy atom. The van der Waals surface area contributed by atoms with Crippen molar-refractivity contribution in [1.29, 1.82) is 0 Å². The molecule has 0 radical (unpaired) electrons. The molecule has 0 aliphatic carbocycles. The monoisotopic (exact) mass is 171 g/mol. The highest BCUT2D eigenvalue weighted by atomic mass is 35.5. The zero-order valence-corrected chi connectivity index (χ0v) is 7.02. The zero-order valence-electron chi connectivity index (χ0n) is 6.26. The Balaban J connectivity index is 3.24. The van der Waals surface area contributed by atoms with E-state index in [2.05, 4.69) is 0 Å². The largest absolute Gasteiger partial charge is 0.397 e. The van der Waals surface area contributed by atoms with E-state index >= 15 is 0 Å². The lowest BCUT2D eigenvalue weighted by atomic mass is 10.1. The van der Waals surface area contributed by atoms with Crippen LogP contribution in [-0.2, 0) is 6.61 Å². The van der Waals surface area contributed by atoms with Crippen LogP contribution in [0.4, 0.5) is 5.69 Å². The molecule has 1 aromatic carbocycles. The molecule has 3 heteroatoms. The number of aliphatic hydroxyl groups excluding tert-OH is 1. The zero-order chi connectivity index (χ0) is 8.43. The molecule has 3 N–H and O–H groups in total. The normalized spacial score (nSPS) is 10.1. The minimum atomic E-state index is -0.0623. The summed E-state index contributed by atoms with van der Waals surface area (Å²) in [6.45, 7) is 1.84. The fraction of sp³-hybridized carbons (Fsp3) is 0.250. The van der Waals surface area contributed by atoms with Gasteiger partial charge >= 0.3 is 0 Å². The van der Waals surface area contributed by atoms with Crippen molar-refractivity contribution in [2.45, 2.75) is 13.5 Å². The van der Waals surface area contributed by atoms with E-state index in [1.807, 2.05) is 13.0 Å². The maximum Gasteiger partial charge on any atom is 0.0702 e. The van der Waals surface area contributed by atoms with E-state index in [0.29, 0.717) is 16.3 Å². The van der Waals surface area contributed by atoms with Crippen LogP contribution in [0.2, 0.25) is 5.02 Å². The van der Waals surface area contributed by atoms with Crippen molar-refractivity contribution in [3.05, 3.63) is 28.3 Å². The van der Waals surface area contributed by atoms with Gasteiger partial charge < -0.3 is 10.8 Å². The SMILES string of the molecule is Cc1cc(Cl)c(N)c(CO)c1. The molecule has 0 fully saturated rings. The van der Waals surface area contributed by atoms with Crippen molar-refractivity contribution in [2.24, 2.45) is 0 Å². The second-order valence-corrected chi connectivity index (χ2v) is 2.88. The van der Waals surface area contributed by atoms with Crippen LogP contribution in [0, 0.1) is 6.92 Å². The van der Waals surface area contributed by atoms with E-state index in [1.54, 1.807) is 6.07 Å². The van der Waals surface area contributed by atoms with Crippen molar-refractivity contribution in [3.8, 4) is 0 Å². The lowest BCUT2D eigenvalue weighted by Crippen LogP contribution is -1.95. The van der Waals surface area contributed by atoms with Gasteiger partial charge in [0.1, 0.15) is 0 Å². The van der Waals surface area contributed by atoms with Gasteiger partial charge in [-0.15, -0.1) is 0 Å². The Kier molecular flexibility index (Phi) is 2.37. The number of nitrogens with two attached hydrogens (primary N) is 1. The second-order valence-electron chi connectivity index (χ2n) is 2.48. The van der Waals surface area contributed by atoms with E-state index in [4.69, 9.17) is 22.4 Å². The summed E-state index contributed by atoms with van der Waals surface area (Å²) in [6.07, 6.45) is 0. The molecule has 0 amide bonds. The lowest BCUT2D eigenvalue weighted by Gasteiger charge is -2.05. The molecule has 0 aliphatic heterocycles. The first-order valence-electron chi connectivity index (χ1n) is 3.30. The Bertz CT molecular complexity index is 273. The highest BCUT2D eigenvalue weighted by molar-refractivity contribution is 6.33. The first-order chi connectivity index (χ1) is 5.15. The van der Waals surface area contributed by atoms with Gasteiger partial charge in [-0.25, -0.2) is 0 Å². The average molecular weight is 172 g/mol. The summed E-state index contributed by atoms with van der Waals surface area (Å²) < 4.78 is 0. The second kappa shape index (κ2) is 3.11. The Labute approximate surface area is 70.6 Å². The minimum absolute atomic E-state index is 0.0623. The number of rotatable bonds is 1. The van der Waals surface area contributed by atoms with Gasteiger partial charge in [0.15, 0.2) is 0 Å². The first kappa shape index (κ1) is 8.37. The van der Waals surface area contributed by atoms with Gasteiger partial charge in [-0.1, -0.05) is 17.7 Å². The Morgan fingerprint density at radius 1 is 1.55 bits per heavy atom. The summed E-state index contributed by atoms with van der Waals surface area (Å²) in [5.74, 6) is 0. The minimum Gasteiger partial charge on any atom is -0.397 e. The van der Waals surface area contributed by atoms with Crippen LogP contribution in [-0.4, -0.2) is 5.11 Å². The quantitative estimate of drug-likeness (QED) is 0.633. The molecule has 0 heterocycles. The molecule has 0 atom stereocenters. The standard InChI is InChI=1S/C8H10ClNO/c1-5-2-6(4-11)8(10)7(9)3-5/h2-3,11H,4,10H2,1H3. The van der Waals surface area contributed by atoms with Crippen LogP contribution in [0.1, 0.15) is 11.1 Å². The summed E-state index contributed by atoms with van der Waals surface area (Å²) in [4.78, 5) is 0. The van der Waals surface area contributed by atoms with Crippen LogP contribution in [0.25, 0.3) is 0 Å². The van der Waals surface area contributed by atoms with Crippen molar-refractivity contribution < 1.29 is 5.11 Å². The predicted molar refractivity (Wildman–Crippen MR) is 46.5 cm³/mol. The van der Waals surface area contributed by atoms with Crippen molar-refractivity contribution in [1.82, 2.24) is 0 Å². The van der Waals surface area contributed by atoms with E-state index in [0.717, 1.165) is 5.56 Å². The fourth-order valence-electron chi connectivity index (χ4n) is 0.956. The van der Waals surface area contributed by atoms with Crippen LogP contribution < -0.4 is 5.73 Å². The molecular weight excluding hydrogens is 162 g/mol. The maximum atomic E-state index is 8.83. The molecule has 0 bridgehead atoms. The molecule has 0 aromatic heterocycles.